The Kier molecular flexibility index (Phi) is 4.40. The maximum absolute atomic E-state index is 13.4. The minimum absolute atomic E-state index is 0.104. The van der Waals surface area contributed by atoms with E-state index in [9.17, 15) is 4.79 Å². The molecule has 0 N–H and O–H groups in total. The molecule has 0 radical (unpaired) electrons. The summed E-state index contributed by atoms with van der Waals surface area (Å²) in [7, 11) is 0. The molecule has 164 valence electrons. The van der Waals surface area contributed by atoms with Crippen LogP contribution in [-0.2, 0) is 11.2 Å². The molecule has 6 rings (SSSR count). The van der Waals surface area contributed by atoms with Crippen molar-refractivity contribution >= 4 is 11.4 Å². The predicted octanol–water partition coefficient (Wildman–Crippen LogP) is 4.28. The van der Waals surface area contributed by atoms with E-state index in [0.717, 1.165) is 16.7 Å². The maximum Gasteiger partial charge on any atom is 0.228 e. The molecule has 0 fully saturated rings. The standard InChI is InChI=1S/C26H23N5O2/c1-26(2)12-18(32)22-19(13-26)33-25-23(21(22)17-9-6-10-27-14-17)24-29-20(30-31(24)15-28-25)11-16-7-4-3-5-8-16/h3-10,14-15,21H,11-13H2,1-2H3. The van der Waals surface area contributed by atoms with Crippen LogP contribution in [0.1, 0.15) is 55.1 Å². The van der Waals surface area contributed by atoms with Gasteiger partial charge in [0.1, 0.15) is 12.1 Å². The number of pyridine rings is 1. The number of carbonyl (C=O) groups excluding carboxylic acids is 1. The highest BCUT2D eigenvalue weighted by molar-refractivity contribution is 6.00. The molecule has 1 atom stereocenters. The Labute approximate surface area is 191 Å². The molecule has 33 heavy (non-hydrogen) atoms. The summed E-state index contributed by atoms with van der Waals surface area (Å²) in [5, 5.41) is 4.66. The van der Waals surface area contributed by atoms with E-state index in [2.05, 4.69) is 41.0 Å². The highest BCUT2D eigenvalue weighted by Crippen LogP contribution is 2.50. The number of ketones is 1. The van der Waals surface area contributed by atoms with E-state index in [1.807, 2.05) is 36.5 Å². The normalized spacial score (nSPS) is 19.2. The Morgan fingerprint density at radius 2 is 1.97 bits per heavy atom. The summed E-state index contributed by atoms with van der Waals surface area (Å²) in [6, 6.07) is 14.0. The number of hydrogen-bond acceptors (Lipinski definition) is 6. The summed E-state index contributed by atoms with van der Waals surface area (Å²) in [6.07, 6.45) is 6.95. The van der Waals surface area contributed by atoms with Crippen LogP contribution in [0.5, 0.6) is 5.88 Å². The Bertz CT molecular complexity index is 1410. The molecule has 0 saturated carbocycles. The number of benzene rings is 1. The lowest BCUT2D eigenvalue weighted by Gasteiger charge is -2.37. The first-order valence-corrected chi connectivity index (χ1v) is 11.1. The number of carbonyl (C=O) groups is 1. The molecule has 0 saturated heterocycles. The highest BCUT2D eigenvalue weighted by atomic mass is 16.5. The lowest BCUT2D eigenvalue weighted by atomic mass is 9.70. The third-order valence-corrected chi connectivity index (χ3v) is 6.33. The molecular formula is C26H23N5O2. The summed E-state index contributed by atoms with van der Waals surface area (Å²) < 4.78 is 7.96. The van der Waals surface area contributed by atoms with Crippen LogP contribution >= 0.6 is 0 Å². The second kappa shape index (κ2) is 7.33. The van der Waals surface area contributed by atoms with E-state index in [-0.39, 0.29) is 17.1 Å². The lowest BCUT2D eigenvalue weighted by molar-refractivity contribution is -0.118. The second-order valence-corrected chi connectivity index (χ2v) is 9.52. The smallest absolute Gasteiger partial charge is 0.228 e. The van der Waals surface area contributed by atoms with Crippen LogP contribution in [0, 0.1) is 5.41 Å². The van der Waals surface area contributed by atoms with Gasteiger partial charge in [-0.1, -0.05) is 50.2 Å². The van der Waals surface area contributed by atoms with Gasteiger partial charge in [0.15, 0.2) is 17.3 Å². The monoisotopic (exact) mass is 437 g/mol. The molecule has 1 unspecified atom stereocenters. The van der Waals surface area contributed by atoms with Gasteiger partial charge in [-0.2, -0.15) is 0 Å². The number of fused-ring (bicyclic) bond motifs is 3. The molecule has 3 aromatic heterocycles. The van der Waals surface area contributed by atoms with E-state index >= 15 is 0 Å². The van der Waals surface area contributed by atoms with Crippen molar-refractivity contribution in [3.63, 3.8) is 0 Å². The van der Waals surface area contributed by atoms with Crippen LogP contribution < -0.4 is 4.74 Å². The van der Waals surface area contributed by atoms with Crippen molar-refractivity contribution < 1.29 is 9.53 Å². The van der Waals surface area contributed by atoms with Crippen LogP contribution in [-0.4, -0.2) is 30.3 Å². The summed E-state index contributed by atoms with van der Waals surface area (Å²) in [6.45, 7) is 4.19. The zero-order chi connectivity index (χ0) is 22.6. The van der Waals surface area contributed by atoms with E-state index in [0.29, 0.717) is 47.9 Å². The third-order valence-electron chi connectivity index (χ3n) is 6.33. The average Bonchev–Trinajstić information content (AvgIpc) is 3.20. The first-order chi connectivity index (χ1) is 16.0. The first kappa shape index (κ1) is 19.8. The molecular weight excluding hydrogens is 414 g/mol. The lowest BCUT2D eigenvalue weighted by Crippen LogP contribution is -2.33. The Hall–Kier alpha value is -3.87. The Balaban J connectivity index is 1.54. The number of ether oxygens (including phenoxy) is 1. The fourth-order valence-corrected chi connectivity index (χ4v) is 4.92. The number of aromatic nitrogens is 5. The van der Waals surface area contributed by atoms with Gasteiger partial charge < -0.3 is 4.74 Å². The first-order valence-electron chi connectivity index (χ1n) is 11.1. The molecule has 2 aliphatic rings. The Morgan fingerprint density at radius 3 is 2.76 bits per heavy atom. The van der Waals surface area contributed by atoms with Crippen molar-refractivity contribution in [2.45, 2.75) is 39.0 Å². The quantitative estimate of drug-likeness (QED) is 0.476. The van der Waals surface area contributed by atoms with Crippen molar-refractivity contribution in [2.75, 3.05) is 0 Å². The van der Waals surface area contributed by atoms with Crippen molar-refractivity contribution in [3.05, 3.63) is 95.0 Å². The molecule has 7 heteroatoms. The van der Waals surface area contributed by atoms with Crippen molar-refractivity contribution in [2.24, 2.45) is 5.41 Å². The molecule has 0 spiro atoms. The molecule has 7 nitrogen and oxygen atoms in total. The molecule has 1 aromatic carbocycles. The fraction of sp³-hybridized carbons (Fsp3) is 0.269. The number of allylic oxidation sites excluding steroid dienone is 2. The SMILES string of the molecule is CC1(C)CC(=O)C2=C(C1)Oc1ncn3nc(Cc4ccccc4)nc3c1C2c1cccnc1. The molecule has 4 aromatic rings. The van der Waals surface area contributed by atoms with E-state index < -0.39 is 0 Å². The van der Waals surface area contributed by atoms with Crippen molar-refractivity contribution in [1.29, 1.82) is 0 Å². The van der Waals surface area contributed by atoms with Gasteiger partial charge >= 0.3 is 0 Å². The number of nitrogens with zero attached hydrogens (tertiary/aromatic N) is 5. The average molecular weight is 438 g/mol. The van der Waals surface area contributed by atoms with Crippen molar-refractivity contribution in [1.82, 2.24) is 24.6 Å². The van der Waals surface area contributed by atoms with Gasteiger partial charge in [0, 0.05) is 37.2 Å². The predicted molar refractivity (Wildman–Crippen MR) is 122 cm³/mol. The topological polar surface area (TPSA) is 82.3 Å². The molecule has 0 bridgehead atoms. The number of rotatable bonds is 3. The summed E-state index contributed by atoms with van der Waals surface area (Å²) >= 11 is 0. The molecule has 4 heterocycles. The van der Waals surface area contributed by atoms with Crippen LogP contribution in [0.3, 0.4) is 0 Å². The minimum Gasteiger partial charge on any atom is -0.442 e. The van der Waals surface area contributed by atoms with Crippen molar-refractivity contribution in [3.8, 4) is 5.88 Å². The zero-order valence-electron chi connectivity index (χ0n) is 18.5. The molecule has 1 aliphatic carbocycles. The van der Waals surface area contributed by atoms with Crippen LogP contribution in [0.2, 0.25) is 0 Å². The van der Waals surface area contributed by atoms with Gasteiger partial charge in [0.2, 0.25) is 5.88 Å². The number of hydrogen-bond donors (Lipinski definition) is 0. The van der Waals surface area contributed by atoms with Gasteiger partial charge in [-0.15, -0.1) is 5.10 Å². The molecule has 1 aliphatic heterocycles. The third kappa shape index (κ3) is 3.40. The van der Waals surface area contributed by atoms with Gasteiger partial charge in [-0.05, 0) is 22.6 Å². The van der Waals surface area contributed by atoms with Crippen LogP contribution in [0.4, 0.5) is 0 Å². The van der Waals surface area contributed by atoms with E-state index in [4.69, 9.17) is 9.72 Å². The van der Waals surface area contributed by atoms with Gasteiger partial charge in [0.25, 0.3) is 0 Å². The van der Waals surface area contributed by atoms with Crippen LogP contribution in [0.25, 0.3) is 5.65 Å². The van der Waals surface area contributed by atoms with E-state index in [1.165, 1.54) is 0 Å². The largest absolute Gasteiger partial charge is 0.442 e. The molecule has 0 amide bonds. The maximum atomic E-state index is 13.4. The summed E-state index contributed by atoms with van der Waals surface area (Å²) in [4.78, 5) is 27.2. The van der Waals surface area contributed by atoms with Gasteiger partial charge in [-0.3, -0.25) is 9.78 Å². The van der Waals surface area contributed by atoms with E-state index in [1.54, 1.807) is 17.0 Å². The summed E-state index contributed by atoms with van der Waals surface area (Å²) in [5.41, 5.74) is 4.01. The Morgan fingerprint density at radius 1 is 1.12 bits per heavy atom. The second-order valence-electron chi connectivity index (χ2n) is 9.52. The summed E-state index contributed by atoms with van der Waals surface area (Å²) in [5.74, 6) is 1.65. The minimum atomic E-state index is -0.342. The van der Waals surface area contributed by atoms with Crippen LogP contribution in [0.15, 0.2) is 72.5 Å². The number of Topliss-reactive ketones (excluding diaryl/α,β-unsaturated/α-hetero) is 1. The van der Waals surface area contributed by atoms with Gasteiger partial charge in [0.05, 0.1) is 11.5 Å². The highest BCUT2D eigenvalue weighted by Gasteiger charge is 2.44. The zero-order valence-corrected chi connectivity index (χ0v) is 18.5. The fourth-order valence-electron chi connectivity index (χ4n) is 4.92. The van der Waals surface area contributed by atoms with Gasteiger partial charge in [-0.25, -0.2) is 14.5 Å².